The maximum absolute atomic E-state index is 14.1. The number of para-hydroxylation sites is 1. The summed E-state index contributed by atoms with van der Waals surface area (Å²) in [6.07, 6.45) is 1.75. The van der Waals surface area contributed by atoms with Crippen molar-refractivity contribution in [1.29, 1.82) is 0 Å². The summed E-state index contributed by atoms with van der Waals surface area (Å²) >= 11 is 1.23. The van der Waals surface area contributed by atoms with Crippen LogP contribution >= 0.6 is 11.3 Å². The van der Waals surface area contributed by atoms with E-state index < -0.39 is 11.0 Å². The Labute approximate surface area is 278 Å². The van der Waals surface area contributed by atoms with Crippen LogP contribution < -0.4 is 34.4 Å². The highest BCUT2D eigenvalue weighted by atomic mass is 32.1. The van der Waals surface area contributed by atoms with Crippen molar-refractivity contribution in [3.8, 4) is 17.2 Å². The van der Waals surface area contributed by atoms with Crippen LogP contribution in [0, 0.1) is 10.1 Å². The molecule has 0 saturated heterocycles. The van der Waals surface area contributed by atoms with Crippen molar-refractivity contribution >= 4 is 34.7 Å². The summed E-state index contributed by atoms with van der Waals surface area (Å²) in [5, 5.41) is 13.9. The second kappa shape index (κ2) is 13.8. The van der Waals surface area contributed by atoms with E-state index in [1.54, 1.807) is 79.3 Å². The Balaban J connectivity index is 1.35. The minimum absolute atomic E-state index is 0.00289. The lowest BCUT2D eigenvalue weighted by Gasteiger charge is -2.25. The Bertz CT molecular complexity index is 2210. The van der Waals surface area contributed by atoms with Crippen molar-refractivity contribution in [2.75, 3.05) is 19.5 Å². The Morgan fingerprint density at radius 1 is 0.979 bits per heavy atom. The molecule has 0 radical (unpaired) electrons. The maximum Gasteiger partial charge on any atom is 0.271 e. The lowest BCUT2D eigenvalue weighted by Crippen LogP contribution is -2.40. The summed E-state index contributed by atoms with van der Waals surface area (Å²) in [6.45, 7) is 1.95. The number of carbonyl (C=O) groups is 1. The van der Waals surface area contributed by atoms with Gasteiger partial charge in [-0.2, -0.15) is 0 Å². The Hall–Kier alpha value is -6.01. The van der Waals surface area contributed by atoms with Gasteiger partial charge in [-0.15, -0.1) is 0 Å². The molecular formula is C36H30N4O7S. The number of amides is 1. The van der Waals surface area contributed by atoms with Crippen molar-refractivity contribution < 1.29 is 23.9 Å². The standard InChI is InChI=1S/C36H30N4O7S/c1-22-32(34(41)38-26-7-5-4-6-8-26)33(25-12-16-28(45-2)17-13-25)39-35(42)31(48-36(39)37-22)20-24-11-18-29(30(19-24)46-3)47-21-23-9-14-27(15-10-23)40(43)44/h4-20,33H,21H2,1-3H3,(H,38,41)/b31-20+/t33-/m1/s1. The smallest absolute Gasteiger partial charge is 0.271 e. The topological polar surface area (TPSA) is 134 Å². The largest absolute Gasteiger partial charge is 0.497 e. The van der Waals surface area contributed by atoms with E-state index in [9.17, 15) is 19.7 Å². The first-order valence-electron chi connectivity index (χ1n) is 14.8. The van der Waals surface area contributed by atoms with E-state index in [0.717, 1.165) is 11.1 Å². The number of nitrogens with zero attached hydrogens (tertiary/aromatic N) is 3. The summed E-state index contributed by atoms with van der Waals surface area (Å²) in [4.78, 5) is 43.5. The van der Waals surface area contributed by atoms with Gasteiger partial charge >= 0.3 is 0 Å². The lowest BCUT2D eigenvalue weighted by molar-refractivity contribution is -0.384. The number of methoxy groups -OCH3 is 2. The Morgan fingerprint density at radius 2 is 1.71 bits per heavy atom. The van der Waals surface area contributed by atoms with E-state index in [2.05, 4.69) is 5.32 Å². The van der Waals surface area contributed by atoms with E-state index in [0.29, 0.717) is 49.1 Å². The highest BCUT2D eigenvalue weighted by molar-refractivity contribution is 7.07. The van der Waals surface area contributed by atoms with Crippen LogP contribution in [0.1, 0.15) is 29.7 Å². The van der Waals surface area contributed by atoms with Crippen molar-refractivity contribution in [2.24, 2.45) is 4.99 Å². The molecule has 1 aliphatic heterocycles. The zero-order chi connectivity index (χ0) is 33.8. The molecule has 5 aromatic rings. The normalized spacial score (nSPS) is 14.1. The van der Waals surface area contributed by atoms with Gasteiger partial charge in [-0.1, -0.05) is 47.7 Å². The van der Waals surface area contributed by atoms with Crippen LogP contribution in [-0.4, -0.2) is 29.6 Å². The molecule has 0 fully saturated rings. The summed E-state index contributed by atoms with van der Waals surface area (Å²) < 4.78 is 18.8. The van der Waals surface area contributed by atoms with E-state index in [4.69, 9.17) is 19.2 Å². The number of allylic oxidation sites excluding steroid dienone is 1. The average molecular weight is 663 g/mol. The molecule has 11 nitrogen and oxygen atoms in total. The van der Waals surface area contributed by atoms with E-state index in [1.165, 1.54) is 30.6 Å². The number of nitro benzene ring substituents is 1. The van der Waals surface area contributed by atoms with Gasteiger partial charge in [-0.05, 0) is 78.2 Å². The number of rotatable bonds is 10. The van der Waals surface area contributed by atoms with Gasteiger partial charge in [-0.25, -0.2) is 4.99 Å². The number of benzene rings is 4. The highest BCUT2D eigenvalue weighted by Crippen LogP contribution is 2.32. The van der Waals surface area contributed by atoms with E-state index in [1.807, 2.05) is 30.3 Å². The van der Waals surface area contributed by atoms with Gasteiger partial charge in [0.1, 0.15) is 12.4 Å². The number of aromatic nitrogens is 1. The van der Waals surface area contributed by atoms with Crippen LogP contribution in [0.2, 0.25) is 0 Å². The molecule has 1 aliphatic rings. The van der Waals surface area contributed by atoms with Gasteiger partial charge in [0, 0.05) is 17.8 Å². The molecule has 0 unspecified atom stereocenters. The number of fused-ring (bicyclic) bond motifs is 1. The second-order valence-corrected chi connectivity index (χ2v) is 11.8. The minimum atomic E-state index is -0.734. The number of non-ortho nitro benzene ring substituents is 1. The first-order chi connectivity index (χ1) is 23.2. The fourth-order valence-corrected chi connectivity index (χ4v) is 6.40. The molecule has 1 N–H and O–H groups in total. The minimum Gasteiger partial charge on any atom is -0.497 e. The SMILES string of the molecule is COc1ccc([C@@H]2C(C(=O)Nc3ccccc3)=C(C)N=c3s/c(=C/c4ccc(OCc5ccc([N+](=O)[O-])cc5)c(OC)c4)c(=O)n32)cc1. The molecule has 4 aromatic carbocycles. The second-order valence-electron chi connectivity index (χ2n) is 10.8. The zero-order valence-corrected chi connectivity index (χ0v) is 27.0. The predicted octanol–water partition coefficient (Wildman–Crippen LogP) is 5.38. The number of nitro groups is 1. The third-order valence-electron chi connectivity index (χ3n) is 7.76. The molecule has 1 amide bonds. The first kappa shape index (κ1) is 32.0. The van der Waals surface area contributed by atoms with Crippen LogP contribution in [-0.2, 0) is 11.4 Å². The average Bonchev–Trinajstić information content (AvgIpc) is 3.40. The fourth-order valence-electron chi connectivity index (χ4n) is 5.35. The van der Waals surface area contributed by atoms with Crippen LogP contribution in [0.15, 0.2) is 118 Å². The Morgan fingerprint density at radius 3 is 2.38 bits per heavy atom. The summed E-state index contributed by atoms with van der Waals surface area (Å²) in [6, 6.07) is 27.1. The van der Waals surface area contributed by atoms with Crippen LogP contribution in [0.5, 0.6) is 17.2 Å². The third kappa shape index (κ3) is 6.60. The molecule has 2 heterocycles. The Kier molecular flexibility index (Phi) is 9.17. The number of anilines is 1. The molecule has 0 bridgehead atoms. The molecule has 0 aliphatic carbocycles. The lowest BCUT2D eigenvalue weighted by atomic mass is 9.95. The molecule has 12 heteroatoms. The first-order valence-corrected chi connectivity index (χ1v) is 15.6. The summed E-state index contributed by atoms with van der Waals surface area (Å²) in [7, 11) is 3.10. The van der Waals surface area contributed by atoms with Gasteiger partial charge in [0.25, 0.3) is 17.2 Å². The van der Waals surface area contributed by atoms with Gasteiger partial charge in [0.05, 0.1) is 41.0 Å². The number of hydrogen-bond donors (Lipinski definition) is 1. The van der Waals surface area contributed by atoms with E-state index in [-0.39, 0.29) is 23.8 Å². The van der Waals surface area contributed by atoms with Crippen molar-refractivity contribution in [3.63, 3.8) is 0 Å². The monoisotopic (exact) mass is 662 g/mol. The number of thiazole rings is 1. The van der Waals surface area contributed by atoms with Crippen LogP contribution in [0.4, 0.5) is 11.4 Å². The summed E-state index contributed by atoms with van der Waals surface area (Å²) in [5.74, 6) is 1.21. The van der Waals surface area contributed by atoms with Crippen molar-refractivity contribution in [1.82, 2.24) is 4.57 Å². The van der Waals surface area contributed by atoms with Crippen molar-refractivity contribution in [3.05, 3.63) is 155 Å². The number of ether oxygens (including phenoxy) is 3. The molecule has 6 rings (SSSR count). The fraction of sp³-hybridized carbons (Fsp3) is 0.139. The number of nitrogens with one attached hydrogen (secondary N) is 1. The van der Waals surface area contributed by atoms with Crippen LogP contribution in [0.3, 0.4) is 0 Å². The molecule has 0 spiro atoms. The van der Waals surface area contributed by atoms with Gasteiger partial charge < -0.3 is 19.5 Å². The van der Waals surface area contributed by atoms with Gasteiger partial charge in [-0.3, -0.25) is 24.3 Å². The van der Waals surface area contributed by atoms with Gasteiger partial charge in [0.2, 0.25) is 0 Å². The van der Waals surface area contributed by atoms with Gasteiger partial charge in [0.15, 0.2) is 16.3 Å². The molecule has 1 aromatic heterocycles. The number of hydrogen-bond acceptors (Lipinski definition) is 9. The van der Waals surface area contributed by atoms with Crippen molar-refractivity contribution in [2.45, 2.75) is 19.6 Å². The van der Waals surface area contributed by atoms with E-state index >= 15 is 0 Å². The molecule has 242 valence electrons. The maximum atomic E-state index is 14.1. The summed E-state index contributed by atoms with van der Waals surface area (Å²) in [5.41, 5.74) is 3.38. The number of carbonyl (C=O) groups excluding carboxylic acids is 1. The quantitative estimate of drug-likeness (QED) is 0.157. The molecule has 48 heavy (non-hydrogen) atoms. The molecular weight excluding hydrogens is 632 g/mol. The predicted molar refractivity (Wildman–Crippen MR) is 182 cm³/mol. The zero-order valence-electron chi connectivity index (χ0n) is 26.2. The third-order valence-corrected chi connectivity index (χ3v) is 8.74. The molecule has 1 atom stereocenters. The van der Waals surface area contributed by atoms with Crippen LogP contribution in [0.25, 0.3) is 6.08 Å². The highest BCUT2D eigenvalue weighted by Gasteiger charge is 2.32. The molecule has 0 saturated carbocycles.